The van der Waals surface area contributed by atoms with Crippen molar-refractivity contribution in [3.05, 3.63) is 59.7 Å². The minimum absolute atomic E-state index is 0.547. The standard InChI is InChI=1S/C19H23NO2/c1-21-18-11-5-9-16(13-17-10-6-12-20-17)19(18)22-14-15-7-3-2-4-8-15/h2-5,7-9,11,17,20H,6,10,12-14H2,1H3. The Kier molecular flexibility index (Phi) is 4.96. The Morgan fingerprint density at radius 1 is 1.09 bits per heavy atom. The Labute approximate surface area is 132 Å². The van der Waals surface area contributed by atoms with Gasteiger partial charge in [-0.3, -0.25) is 0 Å². The van der Waals surface area contributed by atoms with Gasteiger partial charge in [0.25, 0.3) is 0 Å². The van der Waals surface area contributed by atoms with Crippen molar-refractivity contribution in [2.24, 2.45) is 0 Å². The number of hydrogen-bond donors (Lipinski definition) is 1. The average molecular weight is 297 g/mol. The third-order valence-corrected chi connectivity index (χ3v) is 4.14. The first-order valence-electron chi connectivity index (χ1n) is 7.93. The summed E-state index contributed by atoms with van der Waals surface area (Å²) in [6, 6.07) is 16.9. The molecule has 1 heterocycles. The Morgan fingerprint density at radius 3 is 2.68 bits per heavy atom. The molecule has 3 heteroatoms. The molecule has 3 rings (SSSR count). The van der Waals surface area contributed by atoms with Gasteiger partial charge in [0.15, 0.2) is 11.5 Å². The lowest BCUT2D eigenvalue weighted by Crippen LogP contribution is -2.23. The second kappa shape index (κ2) is 7.32. The monoisotopic (exact) mass is 297 g/mol. The Hall–Kier alpha value is -2.00. The van der Waals surface area contributed by atoms with Crippen LogP contribution < -0.4 is 14.8 Å². The van der Waals surface area contributed by atoms with Crippen molar-refractivity contribution < 1.29 is 9.47 Å². The number of nitrogens with one attached hydrogen (secondary N) is 1. The highest BCUT2D eigenvalue weighted by atomic mass is 16.5. The van der Waals surface area contributed by atoms with Gasteiger partial charge in [0.2, 0.25) is 0 Å². The average Bonchev–Trinajstić information content (AvgIpc) is 3.07. The molecule has 0 spiro atoms. The fraction of sp³-hybridized carbons (Fsp3) is 0.368. The zero-order valence-corrected chi connectivity index (χ0v) is 13.0. The highest BCUT2D eigenvalue weighted by Crippen LogP contribution is 2.33. The molecule has 0 radical (unpaired) electrons. The van der Waals surface area contributed by atoms with E-state index in [9.17, 15) is 0 Å². The van der Waals surface area contributed by atoms with Gasteiger partial charge in [0.05, 0.1) is 7.11 Å². The van der Waals surface area contributed by atoms with Gasteiger partial charge in [-0.2, -0.15) is 0 Å². The van der Waals surface area contributed by atoms with Gasteiger partial charge in [-0.05, 0) is 43.0 Å². The summed E-state index contributed by atoms with van der Waals surface area (Å²) in [5, 5.41) is 3.55. The second-order valence-electron chi connectivity index (χ2n) is 5.72. The van der Waals surface area contributed by atoms with Crippen molar-refractivity contribution in [1.29, 1.82) is 0 Å². The van der Waals surface area contributed by atoms with Gasteiger partial charge >= 0.3 is 0 Å². The molecule has 1 fully saturated rings. The van der Waals surface area contributed by atoms with Crippen LogP contribution in [0.25, 0.3) is 0 Å². The van der Waals surface area contributed by atoms with Gasteiger partial charge in [0, 0.05) is 6.04 Å². The molecule has 1 N–H and O–H groups in total. The van der Waals surface area contributed by atoms with Gasteiger partial charge in [-0.25, -0.2) is 0 Å². The van der Waals surface area contributed by atoms with E-state index in [1.165, 1.54) is 24.0 Å². The van der Waals surface area contributed by atoms with Crippen molar-refractivity contribution in [3.8, 4) is 11.5 Å². The molecule has 1 aliphatic heterocycles. The number of benzene rings is 2. The molecule has 2 aromatic carbocycles. The van der Waals surface area contributed by atoms with Crippen LogP contribution >= 0.6 is 0 Å². The number of hydrogen-bond acceptors (Lipinski definition) is 3. The summed E-state index contributed by atoms with van der Waals surface area (Å²) in [6.45, 7) is 1.68. The van der Waals surface area contributed by atoms with Crippen LogP contribution in [0.4, 0.5) is 0 Å². The fourth-order valence-corrected chi connectivity index (χ4v) is 2.97. The van der Waals surface area contributed by atoms with Crippen molar-refractivity contribution in [3.63, 3.8) is 0 Å². The van der Waals surface area contributed by atoms with E-state index in [1.54, 1.807) is 7.11 Å². The van der Waals surface area contributed by atoms with Gasteiger partial charge in [-0.1, -0.05) is 42.5 Å². The van der Waals surface area contributed by atoms with Crippen LogP contribution in [0.1, 0.15) is 24.0 Å². The van der Waals surface area contributed by atoms with E-state index >= 15 is 0 Å². The number of para-hydroxylation sites is 1. The summed E-state index contributed by atoms with van der Waals surface area (Å²) < 4.78 is 11.6. The van der Waals surface area contributed by atoms with E-state index in [4.69, 9.17) is 9.47 Å². The SMILES string of the molecule is COc1cccc(CC2CCCN2)c1OCc1ccccc1. The minimum atomic E-state index is 0.547. The summed E-state index contributed by atoms with van der Waals surface area (Å²) in [6.07, 6.45) is 3.48. The van der Waals surface area contributed by atoms with Gasteiger partial charge in [-0.15, -0.1) is 0 Å². The molecule has 0 bridgehead atoms. The largest absolute Gasteiger partial charge is 0.493 e. The molecule has 116 valence electrons. The van der Waals surface area contributed by atoms with E-state index in [1.807, 2.05) is 30.3 Å². The van der Waals surface area contributed by atoms with Crippen LogP contribution in [-0.4, -0.2) is 19.7 Å². The molecular formula is C19H23NO2. The molecular weight excluding hydrogens is 274 g/mol. The molecule has 22 heavy (non-hydrogen) atoms. The highest BCUT2D eigenvalue weighted by Gasteiger charge is 2.18. The predicted octanol–water partition coefficient (Wildman–Crippen LogP) is 3.57. The maximum atomic E-state index is 6.10. The number of methoxy groups -OCH3 is 1. The molecule has 0 aromatic heterocycles. The van der Waals surface area contributed by atoms with Gasteiger partial charge < -0.3 is 14.8 Å². The lowest BCUT2D eigenvalue weighted by molar-refractivity contribution is 0.280. The molecule has 0 aliphatic carbocycles. The summed E-state index contributed by atoms with van der Waals surface area (Å²) in [5.41, 5.74) is 2.38. The van der Waals surface area contributed by atoms with Crippen LogP contribution in [0.2, 0.25) is 0 Å². The van der Waals surface area contributed by atoms with Crippen molar-refractivity contribution in [2.75, 3.05) is 13.7 Å². The zero-order chi connectivity index (χ0) is 15.2. The van der Waals surface area contributed by atoms with Crippen LogP contribution in [0.5, 0.6) is 11.5 Å². The summed E-state index contributed by atoms with van der Waals surface area (Å²) in [5.74, 6) is 1.69. The Bertz CT molecular complexity index is 592. The molecule has 1 unspecified atom stereocenters. The highest BCUT2D eigenvalue weighted by molar-refractivity contribution is 5.47. The Balaban J connectivity index is 1.77. The van der Waals surface area contributed by atoms with Crippen LogP contribution in [0.3, 0.4) is 0 Å². The van der Waals surface area contributed by atoms with Crippen LogP contribution in [-0.2, 0) is 13.0 Å². The first-order chi connectivity index (χ1) is 10.9. The predicted molar refractivity (Wildman–Crippen MR) is 88.5 cm³/mol. The second-order valence-corrected chi connectivity index (χ2v) is 5.72. The summed E-state index contributed by atoms with van der Waals surface area (Å²) in [7, 11) is 1.70. The van der Waals surface area contributed by atoms with Crippen molar-refractivity contribution in [2.45, 2.75) is 31.9 Å². The maximum Gasteiger partial charge on any atom is 0.164 e. The smallest absolute Gasteiger partial charge is 0.164 e. The lowest BCUT2D eigenvalue weighted by atomic mass is 10.0. The van der Waals surface area contributed by atoms with E-state index in [0.717, 1.165) is 24.5 Å². The number of ether oxygens (including phenoxy) is 2. The third-order valence-electron chi connectivity index (χ3n) is 4.14. The molecule has 1 aliphatic rings. The maximum absolute atomic E-state index is 6.10. The quantitative estimate of drug-likeness (QED) is 0.884. The molecule has 1 atom stereocenters. The molecule has 1 saturated heterocycles. The normalized spacial score (nSPS) is 17.4. The fourth-order valence-electron chi connectivity index (χ4n) is 2.97. The van der Waals surface area contributed by atoms with Crippen LogP contribution in [0.15, 0.2) is 48.5 Å². The van der Waals surface area contributed by atoms with E-state index in [0.29, 0.717) is 12.6 Å². The van der Waals surface area contributed by atoms with E-state index in [2.05, 4.69) is 23.5 Å². The lowest BCUT2D eigenvalue weighted by Gasteiger charge is -2.17. The summed E-state index contributed by atoms with van der Waals surface area (Å²) in [4.78, 5) is 0. The zero-order valence-electron chi connectivity index (χ0n) is 13.0. The first kappa shape index (κ1) is 14.9. The first-order valence-corrected chi connectivity index (χ1v) is 7.93. The van der Waals surface area contributed by atoms with E-state index in [-0.39, 0.29) is 0 Å². The van der Waals surface area contributed by atoms with Gasteiger partial charge in [0.1, 0.15) is 6.61 Å². The van der Waals surface area contributed by atoms with Crippen molar-refractivity contribution in [1.82, 2.24) is 5.32 Å². The molecule has 0 amide bonds. The topological polar surface area (TPSA) is 30.5 Å². The third kappa shape index (κ3) is 3.60. The molecule has 3 nitrogen and oxygen atoms in total. The molecule has 2 aromatic rings. The van der Waals surface area contributed by atoms with Crippen molar-refractivity contribution >= 4 is 0 Å². The Morgan fingerprint density at radius 2 is 1.95 bits per heavy atom. The minimum Gasteiger partial charge on any atom is -0.493 e. The van der Waals surface area contributed by atoms with Crippen LogP contribution in [0, 0.1) is 0 Å². The molecule has 0 saturated carbocycles. The summed E-state index contributed by atoms with van der Waals surface area (Å²) >= 11 is 0. The number of rotatable bonds is 6. The van der Waals surface area contributed by atoms with E-state index < -0.39 is 0 Å².